The number of carboxylic acids is 1. The maximum atomic E-state index is 11.1. The van der Waals surface area contributed by atoms with Crippen LogP contribution in [0, 0.1) is 0 Å². The fraction of sp³-hybridized carbons (Fsp3) is 0.714. The van der Waals surface area contributed by atoms with E-state index in [-0.39, 0.29) is 12.5 Å². The lowest BCUT2D eigenvalue weighted by Gasteiger charge is -2.30. The zero-order chi connectivity index (χ0) is 9.14. The quantitative estimate of drug-likeness (QED) is 0.554. The van der Waals surface area contributed by atoms with Crippen molar-refractivity contribution in [3.05, 3.63) is 0 Å². The van der Waals surface area contributed by atoms with Crippen molar-refractivity contribution in [3.63, 3.8) is 0 Å². The highest BCUT2D eigenvalue weighted by Gasteiger charge is 2.26. The van der Waals surface area contributed by atoms with Gasteiger partial charge in [0, 0.05) is 13.1 Å². The number of amides is 1. The zero-order valence-corrected chi connectivity index (χ0v) is 6.91. The second kappa shape index (κ2) is 3.53. The Morgan fingerprint density at radius 3 is 2.92 bits per heavy atom. The summed E-state index contributed by atoms with van der Waals surface area (Å²) in [4.78, 5) is 23.0. The molecule has 0 saturated carbocycles. The van der Waals surface area contributed by atoms with Gasteiger partial charge < -0.3 is 15.3 Å². The molecule has 1 heterocycles. The Morgan fingerprint density at radius 1 is 1.75 bits per heavy atom. The molecule has 1 atom stereocenters. The summed E-state index contributed by atoms with van der Waals surface area (Å²) in [6.07, 6.45) is 0. The van der Waals surface area contributed by atoms with Gasteiger partial charge in [0.25, 0.3) is 0 Å². The summed E-state index contributed by atoms with van der Waals surface area (Å²) < 4.78 is 0. The summed E-state index contributed by atoms with van der Waals surface area (Å²) in [5.74, 6) is -1.10. The topological polar surface area (TPSA) is 69.6 Å². The number of carbonyl (C=O) groups is 2. The predicted octanol–water partition coefficient (Wildman–Crippen LogP) is -1.11. The Morgan fingerprint density at radius 2 is 2.42 bits per heavy atom. The van der Waals surface area contributed by atoms with Crippen LogP contribution in [-0.2, 0) is 9.59 Å². The smallest absolute Gasteiger partial charge is 0.326 e. The average Bonchev–Trinajstić information content (AvgIpc) is 2.04. The van der Waals surface area contributed by atoms with Crippen LogP contribution in [0.5, 0.6) is 0 Å². The zero-order valence-electron chi connectivity index (χ0n) is 6.91. The van der Waals surface area contributed by atoms with Crippen LogP contribution in [0.15, 0.2) is 0 Å². The van der Waals surface area contributed by atoms with Gasteiger partial charge in [-0.1, -0.05) is 0 Å². The molecule has 1 rings (SSSR count). The predicted molar refractivity (Wildman–Crippen MR) is 41.7 cm³/mol. The highest BCUT2D eigenvalue weighted by Crippen LogP contribution is 2.01. The largest absolute Gasteiger partial charge is 0.480 e. The Bertz CT molecular complexity index is 205. The van der Waals surface area contributed by atoms with E-state index in [1.165, 1.54) is 11.8 Å². The van der Waals surface area contributed by atoms with Crippen molar-refractivity contribution in [1.29, 1.82) is 0 Å². The van der Waals surface area contributed by atoms with Gasteiger partial charge >= 0.3 is 5.97 Å². The van der Waals surface area contributed by atoms with Crippen LogP contribution < -0.4 is 5.32 Å². The molecule has 1 amide bonds. The molecule has 0 aliphatic carbocycles. The molecule has 0 spiro atoms. The molecule has 0 aromatic carbocycles. The minimum absolute atomic E-state index is 0.142. The second-order valence-electron chi connectivity index (χ2n) is 2.78. The maximum Gasteiger partial charge on any atom is 0.326 e. The minimum atomic E-state index is -0.953. The van der Waals surface area contributed by atoms with Crippen molar-refractivity contribution in [2.45, 2.75) is 13.0 Å². The Labute approximate surface area is 70.4 Å². The van der Waals surface area contributed by atoms with E-state index in [0.29, 0.717) is 13.1 Å². The highest BCUT2D eigenvalue weighted by atomic mass is 16.4. The van der Waals surface area contributed by atoms with Gasteiger partial charge in [0.1, 0.15) is 6.04 Å². The van der Waals surface area contributed by atoms with Crippen molar-refractivity contribution in [2.75, 3.05) is 19.6 Å². The lowest BCUT2D eigenvalue weighted by atomic mass is 10.2. The second-order valence-corrected chi connectivity index (χ2v) is 2.78. The number of hydrogen-bond acceptors (Lipinski definition) is 3. The lowest BCUT2D eigenvalue weighted by molar-refractivity contribution is -0.150. The number of hydrogen-bond donors (Lipinski definition) is 2. The van der Waals surface area contributed by atoms with Crippen LogP contribution in [0.2, 0.25) is 0 Å². The van der Waals surface area contributed by atoms with Crippen LogP contribution in [0.4, 0.5) is 0 Å². The molecule has 0 bridgehead atoms. The third-order valence-electron chi connectivity index (χ3n) is 1.95. The first-order chi connectivity index (χ1) is 5.63. The molecule has 5 nitrogen and oxygen atoms in total. The molecule has 0 aromatic heterocycles. The van der Waals surface area contributed by atoms with E-state index in [0.717, 1.165) is 0 Å². The van der Waals surface area contributed by atoms with Crippen LogP contribution in [0.25, 0.3) is 0 Å². The van der Waals surface area contributed by atoms with E-state index >= 15 is 0 Å². The molecule has 12 heavy (non-hydrogen) atoms. The first-order valence-electron chi connectivity index (χ1n) is 3.86. The maximum absolute atomic E-state index is 11.1. The SMILES string of the molecule is CC(C(=O)O)N1CCNCC1=O. The van der Waals surface area contributed by atoms with E-state index in [1.54, 1.807) is 0 Å². The molecule has 2 N–H and O–H groups in total. The van der Waals surface area contributed by atoms with Crippen molar-refractivity contribution in [2.24, 2.45) is 0 Å². The molecule has 0 aromatic rings. The van der Waals surface area contributed by atoms with Crippen LogP contribution in [0.1, 0.15) is 6.92 Å². The number of piperazine rings is 1. The van der Waals surface area contributed by atoms with Gasteiger partial charge in [-0.15, -0.1) is 0 Å². The molecule has 1 saturated heterocycles. The van der Waals surface area contributed by atoms with E-state index in [9.17, 15) is 9.59 Å². The van der Waals surface area contributed by atoms with Crippen molar-refractivity contribution >= 4 is 11.9 Å². The molecule has 1 fully saturated rings. The molecular weight excluding hydrogens is 160 g/mol. The molecule has 1 aliphatic heterocycles. The van der Waals surface area contributed by atoms with Crippen molar-refractivity contribution in [1.82, 2.24) is 10.2 Å². The first-order valence-corrected chi connectivity index (χ1v) is 3.86. The van der Waals surface area contributed by atoms with Crippen molar-refractivity contribution < 1.29 is 14.7 Å². The Balaban J connectivity index is 2.59. The lowest BCUT2D eigenvalue weighted by Crippen LogP contribution is -2.53. The molecule has 68 valence electrons. The third-order valence-corrected chi connectivity index (χ3v) is 1.95. The van der Waals surface area contributed by atoms with E-state index < -0.39 is 12.0 Å². The normalized spacial score (nSPS) is 20.8. The number of nitrogens with zero attached hydrogens (tertiary/aromatic N) is 1. The Hall–Kier alpha value is -1.10. The fourth-order valence-electron chi connectivity index (χ4n) is 1.16. The van der Waals surface area contributed by atoms with Gasteiger partial charge in [0.05, 0.1) is 6.54 Å². The van der Waals surface area contributed by atoms with Crippen LogP contribution in [-0.4, -0.2) is 47.6 Å². The number of nitrogens with one attached hydrogen (secondary N) is 1. The highest BCUT2D eigenvalue weighted by molar-refractivity contribution is 5.85. The summed E-state index contributed by atoms with van der Waals surface area (Å²) in [5.41, 5.74) is 0. The van der Waals surface area contributed by atoms with Gasteiger partial charge in [-0.2, -0.15) is 0 Å². The molecule has 0 radical (unpaired) electrons. The van der Waals surface area contributed by atoms with E-state index in [1.807, 2.05) is 0 Å². The number of carbonyl (C=O) groups excluding carboxylic acids is 1. The summed E-state index contributed by atoms with van der Waals surface area (Å²) in [6, 6.07) is -0.709. The molecule has 5 heteroatoms. The van der Waals surface area contributed by atoms with Gasteiger partial charge in [-0.25, -0.2) is 4.79 Å². The van der Waals surface area contributed by atoms with Crippen LogP contribution >= 0.6 is 0 Å². The number of aliphatic carboxylic acids is 1. The van der Waals surface area contributed by atoms with Gasteiger partial charge in [0.15, 0.2) is 0 Å². The summed E-state index contributed by atoms with van der Waals surface area (Å²) in [7, 11) is 0. The fourth-order valence-corrected chi connectivity index (χ4v) is 1.16. The van der Waals surface area contributed by atoms with Gasteiger partial charge in [0.2, 0.25) is 5.91 Å². The monoisotopic (exact) mass is 172 g/mol. The minimum Gasteiger partial charge on any atom is -0.480 e. The summed E-state index contributed by atoms with van der Waals surface area (Å²) >= 11 is 0. The average molecular weight is 172 g/mol. The van der Waals surface area contributed by atoms with Gasteiger partial charge in [-0.3, -0.25) is 4.79 Å². The third kappa shape index (κ3) is 1.73. The number of rotatable bonds is 2. The van der Waals surface area contributed by atoms with E-state index in [4.69, 9.17) is 5.11 Å². The molecule has 1 aliphatic rings. The first kappa shape index (κ1) is 8.99. The summed E-state index contributed by atoms with van der Waals surface area (Å²) in [6.45, 7) is 2.92. The molecule has 1 unspecified atom stereocenters. The van der Waals surface area contributed by atoms with Crippen LogP contribution in [0.3, 0.4) is 0 Å². The van der Waals surface area contributed by atoms with E-state index in [2.05, 4.69) is 5.32 Å². The van der Waals surface area contributed by atoms with Gasteiger partial charge in [-0.05, 0) is 6.92 Å². The van der Waals surface area contributed by atoms with Crippen molar-refractivity contribution in [3.8, 4) is 0 Å². The number of carboxylic acid groups (broad SMARTS) is 1. The Kier molecular flexibility index (Phi) is 2.65. The summed E-state index contributed by atoms with van der Waals surface area (Å²) in [5, 5.41) is 11.5. The molecular formula is C7H12N2O3. The standard InChI is InChI=1S/C7H12N2O3/c1-5(7(11)12)9-3-2-8-4-6(9)10/h5,8H,2-4H2,1H3,(H,11,12).